The number of aliphatic carboxylic acids is 1. The van der Waals surface area contributed by atoms with Crippen LogP contribution in [0.15, 0.2) is 33.5 Å². The number of rotatable bonds is 8. The van der Waals surface area contributed by atoms with E-state index in [1.165, 1.54) is 12.1 Å². The van der Waals surface area contributed by atoms with Gasteiger partial charge in [-0.1, -0.05) is 20.3 Å². The Balaban J connectivity index is 2.07. The predicted octanol–water partition coefficient (Wildman–Crippen LogP) is 0.769. The summed E-state index contributed by atoms with van der Waals surface area (Å²) in [4.78, 5) is 34.3. The molecule has 1 atom stereocenters. The summed E-state index contributed by atoms with van der Waals surface area (Å²) in [6.07, 6.45) is 1.57. The van der Waals surface area contributed by atoms with Gasteiger partial charge < -0.3 is 24.4 Å². The minimum absolute atomic E-state index is 0.287. The summed E-state index contributed by atoms with van der Waals surface area (Å²) in [6, 6.07) is 5.36. The Morgan fingerprint density at radius 2 is 2.04 bits per heavy atom. The van der Waals surface area contributed by atoms with E-state index in [0.717, 1.165) is 10.9 Å². The van der Waals surface area contributed by atoms with Gasteiger partial charge in [0.25, 0.3) is 5.91 Å². The van der Waals surface area contributed by atoms with Crippen molar-refractivity contribution in [1.29, 1.82) is 0 Å². The fraction of sp³-hybridized carbons (Fsp3) is 0.389. The fourth-order valence-electron chi connectivity index (χ4n) is 2.52. The molecular formula is C18H20NO6-. The molecule has 1 heterocycles. The largest absolute Gasteiger partial charge is 0.548 e. The van der Waals surface area contributed by atoms with E-state index in [1.807, 2.05) is 13.8 Å². The van der Waals surface area contributed by atoms with Crippen molar-refractivity contribution in [3.05, 3.63) is 40.2 Å². The summed E-state index contributed by atoms with van der Waals surface area (Å²) in [5, 5.41) is 14.1. The van der Waals surface area contributed by atoms with Gasteiger partial charge in [0.1, 0.15) is 11.3 Å². The topological polar surface area (TPSA) is 109 Å². The van der Waals surface area contributed by atoms with Gasteiger partial charge in [0.15, 0.2) is 6.61 Å². The van der Waals surface area contributed by atoms with Crippen molar-refractivity contribution in [2.24, 2.45) is 0 Å². The molecule has 134 valence electrons. The first kappa shape index (κ1) is 18.5. The lowest BCUT2D eigenvalue weighted by Crippen LogP contribution is -2.49. The summed E-state index contributed by atoms with van der Waals surface area (Å²) in [5.74, 6) is -1.54. The van der Waals surface area contributed by atoms with Crippen LogP contribution in [0.1, 0.15) is 32.3 Å². The van der Waals surface area contributed by atoms with Gasteiger partial charge in [0.2, 0.25) is 0 Å². The van der Waals surface area contributed by atoms with Crippen LogP contribution in [-0.4, -0.2) is 24.5 Å². The highest BCUT2D eigenvalue weighted by Crippen LogP contribution is 2.23. The number of nitrogens with one attached hydrogen (secondary N) is 1. The number of carbonyl (C=O) groups is 2. The van der Waals surface area contributed by atoms with Crippen molar-refractivity contribution in [2.75, 3.05) is 6.61 Å². The Morgan fingerprint density at radius 1 is 1.28 bits per heavy atom. The number of carboxylic acids is 1. The Morgan fingerprint density at radius 3 is 2.68 bits per heavy atom. The van der Waals surface area contributed by atoms with Crippen LogP contribution in [0.2, 0.25) is 0 Å². The van der Waals surface area contributed by atoms with Crippen LogP contribution in [0.5, 0.6) is 5.75 Å². The highest BCUT2D eigenvalue weighted by Gasteiger charge is 2.13. The van der Waals surface area contributed by atoms with Crippen molar-refractivity contribution in [1.82, 2.24) is 5.32 Å². The Labute approximate surface area is 144 Å². The maximum Gasteiger partial charge on any atom is 0.336 e. The van der Waals surface area contributed by atoms with Gasteiger partial charge in [0, 0.05) is 17.5 Å². The first-order valence-electron chi connectivity index (χ1n) is 8.14. The van der Waals surface area contributed by atoms with Gasteiger partial charge in [-0.2, -0.15) is 0 Å². The van der Waals surface area contributed by atoms with Gasteiger partial charge in [-0.25, -0.2) is 4.79 Å². The van der Waals surface area contributed by atoms with Gasteiger partial charge in [0.05, 0.1) is 12.0 Å². The Kier molecular flexibility index (Phi) is 6.16. The lowest BCUT2D eigenvalue weighted by molar-refractivity contribution is -0.308. The van der Waals surface area contributed by atoms with Gasteiger partial charge >= 0.3 is 5.63 Å². The molecule has 0 fully saturated rings. The molecule has 25 heavy (non-hydrogen) atoms. The van der Waals surface area contributed by atoms with E-state index >= 15 is 0 Å². The van der Waals surface area contributed by atoms with Crippen LogP contribution in [0.25, 0.3) is 11.0 Å². The first-order chi connectivity index (χ1) is 11.9. The minimum Gasteiger partial charge on any atom is -0.548 e. The van der Waals surface area contributed by atoms with E-state index in [9.17, 15) is 19.5 Å². The van der Waals surface area contributed by atoms with Gasteiger partial charge in [-0.05, 0) is 30.5 Å². The lowest BCUT2D eigenvalue weighted by Gasteiger charge is -2.19. The van der Waals surface area contributed by atoms with Crippen LogP contribution in [0.4, 0.5) is 0 Å². The minimum atomic E-state index is -1.32. The van der Waals surface area contributed by atoms with Crippen molar-refractivity contribution in [3.8, 4) is 5.75 Å². The number of carboxylic acid groups (broad SMARTS) is 1. The zero-order valence-electron chi connectivity index (χ0n) is 14.2. The normalized spacial score (nSPS) is 11.9. The maximum absolute atomic E-state index is 11.8. The molecule has 1 aromatic carbocycles. The fourth-order valence-corrected chi connectivity index (χ4v) is 2.52. The molecule has 0 radical (unpaired) electrons. The molecule has 1 N–H and O–H groups in total. The molecule has 2 aromatic rings. The third kappa shape index (κ3) is 4.82. The van der Waals surface area contributed by atoms with Crippen LogP contribution in [-0.2, 0) is 16.0 Å². The second-order valence-electron chi connectivity index (χ2n) is 5.62. The molecular weight excluding hydrogens is 326 g/mol. The van der Waals surface area contributed by atoms with E-state index < -0.39 is 23.5 Å². The predicted molar refractivity (Wildman–Crippen MR) is 89.2 cm³/mol. The molecule has 0 aliphatic heterocycles. The second kappa shape index (κ2) is 8.32. The third-order valence-electron chi connectivity index (χ3n) is 3.75. The number of benzene rings is 1. The second-order valence-corrected chi connectivity index (χ2v) is 5.62. The Hall–Kier alpha value is -2.83. The van der Waals surface area contributed by atoms with E-state index in [4.69, 9.17) is 9.15 Å². The maximum atomic E-state index is 11.8. The Bertz CT molecular complexity index is 826. The molecule has 0 aliphatic rings. The third-order valence-corrected chi connectivity index (χ3v) is 3.75. The van der Waals surface area contributed by atoms with Crippen LogP contribution < -0.4 is 20.8 Å². The summed E-state index contributed by atoms with van der Waals surface area (Å²) < 4.78 is 10.5. The smallest absolute Gasteiger partial charge is 0.336 e. The molecule has 0 saturated carbocycles. The molecule has 1 amide bonds. The molecule has 1 aromatic heterocycles. The molecule has 0 spiro atoms. The number of carbonyl (C=O) groups excluding carboxylic acids is 2. The van der Waals surface area contributed by atoms with Crippen LogP contribution in [0, 0.1) is 0 Å². The number of fused-ring (bicyclic) bond motifs is 1. The van der Waals surface area contributed by atoms with E-state index in [0.29, 0.717) is 24.2 Å². The number of aryl methyl sites for hydroxylation is 1. The highest BCUT2D eigenvalue weighted by molar-refractivity contribution is 5.84. The van der Waals surface area contributed by atoms with Gasteiger partial charge in [-0.15, -0.1) is 0 Å². The summed E-state index contributed by atoms with van der Waals surface area (Å²) >= 11 is 0. The molecule has 7 nitrogen and oxygen atoms in total. The van der Waals surface area contributed by atoms with E-state index in [-0.39, 0.29) is 13.0 Å². The highest BCUT2D eigenvalue weighted by atomic mass is 16.5. The van der Waals surface area contributed by atoms with Crippen molar-refractivity contribution < 1.29 is 23.8 Å². The molecule has 0 aliphatic carbocycles. The molecule has 0 unspecified atom stereocenters. The van der Waals surface area contributed by atoms with Crippen molar-refractivity contribution in [3.63, 3.8) is 0 Å². The van der Waals surface area contributed by atoms with E-state index in [1.54, 1.807) is 12.1 Å². The number of hydrogen-bond donors (Lipinski definition) is 1. The molecule has 2 rings (SSSR count). The standard InChI is InChI=1S/C18H21NO6/c1-3-5-14(18(22)23)19-16(20)10-24-12-6-7-13-11(4-2)8-17(21)25-15(13)9-12/h6-9,14H,3-5,10H2,1-2H3,(H,19,20)(H,22,23)/p-1/t14-/m0/s1. The lowest BCUT2D eigenvalue weighted by atomic mass is 10.1. The van der Waals surface area contributed by atoms with Crippen molar-refractivity contribution in [2.45, 2.75) is 39.2 Å². The average molecular weight is 346 g/mol. The van der Waals surface area contributed by atoms with Crippen LogP contribution >= 0.6 is 0 Å². The average Bonchev–Trinajstić information content (AvgIpc) is 2.58. The molecule has 0 saturated heterocycles. The van der Waals surface area contributed by atoms with Crippen molar-refractivity contribution >= 4 is 22.8 Å². The summed E-state index contributed by atoms with van der Waals surface area (Å²) in [7, 11) is 0. The summed E-state index contributed by atoms with van der Waals surface area (Å²) in [5.41, 5.74) is 0.795. The van der Waals surface area contributed by atoms with Gasteiger partial charge in [-0.3, -0.25) is 4.79 Å². The van der Waals surface area contributed by atoms with E-state index in [2.05, 4.69) is 5.32 Å². The number of amides is 1. The monoisotopic (exact) mass is 346 g/mol. The quantitative estimate of drug-likeness (QED) is 0.707. The molecule has 7 heteroatoms. The van der Waals surface area contributed by atoms with Crippen LogP contribution in [0.3, 0.4) is 0 Å². The zero-order valence-corrected chi connectivity index (χ0v) is 14.2. The SMILES string of the molecule is CCC[C@H](NC(=O)COc1ccc2c(CC)cc(=O)oc2c1)C(=O)[O-]. The number of hydrogen-bond acceptors (Lipinski definition) is 6. The molecule has 0 bridgehead atoms. The first-order valence-corrected chi connectivity index (χ1v) is 8.14. The zero-order chi connectivity index (χ0) is 18.4. The number of ether oxygens (including phenoxy) is 1. The summed E-state index contributed by atoms with van der Waals surface area (Å²) in [6.45, 7) is 3.40.